The maximum Gasteiger partial charge on any atom is 0.337 e. The zero-order valence-corrected chi connectivity index (χ0v) is 20.9. The first-order chi connectivity index (χ1) is 16.3. The molecular weight excluding hydrogens is 614 g/mol. The number of rotatable bonds is 3. The second-order valence-corrected chi connectivity index (χ2v) is 5.20. The van der Waals surface area contributed by atoms with Gasteiger partial charge in [0, 0.05) is 39.9 Å². The van der Waals surface area contributed by atoms with Crippen LogP contribution in [0, 0.1) is 0 Å². The number of nitrogens with zero attached hydrogens (tertiary/aromatic N) is 6. The van der Waals surface area contributed by atoms with Crippen LogP contribution in [0.25, 0.3) is 22.8 Å². The van der Waals surface area contributed by atoms with Crippen LogP contribution in [0.3, 0.4) is 0 Å². The van der Waals surface area contributed by atoms with Gasteiger partial charge in [-0.1, -0.05) is 24.3 Å². The molecule has 1 N–H and O–H groups in total. The normalized spacial score (nSPS) is 8.21. The summed E-state index contributed by atoms with van der Waals surface area (Å²) in [6.45, 7) is 6.50. The molecule has 0 atom stereocenters. The molecule has 0 amide bonds. The summed E-state index contributed by atoms with van der Waals surface area (Å²) in [5.74, 6) is 0.0626. The first-order valence-electron chi connectivity index (χ1n) is 8.89. The van der Waals surface area contributed by atoms with E-state index in [0.717, 1.165) is 24.1 Å². The summed E-state index contributed by atoms with van der Waals surface area (Å²) in [6, 6.07) is 18.3. The maximum absolute atomic E-state index is 11.1. The molecule has 12 heteroatoms. The number of carbonyl (C=O) groups is 1. The van der Waals surface area contributed by atoms with Crippen LogP contribution >= 0.6 is 0 Å². The number of hydrogen-bond acceptors (Lipinski definition) is 10. The average molecular weight is 636 g/mol. The molecule has 1 aromatic carbocycles. The molecule has 3 aromatic heterocycles. The van der Waals surface area contributed by atoms with E-state index >= 15 is 0 Å². The van der Waals surface area contributed by atoms with E-state index in [1.165, 1.54) is 7.11 Å². The van der Waals surface area contributed by atoms with Gasteiger partial charge in [0.05, 0.1) is 29.9 Å². The van der Waals surface area contributed by atoms with Crippen LogP contribution in [0.5, 0.6) is 0 Å². The predicted molar refractivity (Wildman–Crippen MR) is 119 cm³/mol. The summed E-state index contributed by atoms with van der Waals surface area (Å²) in [5, 5.41) is 21.1. The molecule has 1 radical (unpaired) electrons. The van der Waals surface area contributed by atoms with Gasteiger partial charge in [-0.05, 0) is 42.0 Å². The van der Waals surface area contributed by atoms with Crippen molar-refractivity contribution >= 4 is 19.5 Å². The number of esters is 1. The molecule has 0 spiro atoms. The van der Waals surface area contributed by atoms with E-state index in [1.54, 1.807) is 36.7 Å². The van der Waals surface area contributed by atoms with E-state index in [0.29, 0.717) is 11.4 Å². The van der Waals surface area contributed by atoms with Gasteiger partial charge in [-0.25, -0.2) is 9.89 Å². The van der Waals surface area contributed by atoms with E-state index in [1.807, 2.05) is 36.4 Å². The summed E-state index contributed by atoms with van der Waals surface area (Å²) in [6.07, 6.45) is 3.54. The summed E-state index contributed by atoms with van der Waals surface area (Å²) in [4.78, 5) is 35.0. The molecule has 4 aromatic rings. The molecule has 0 aliphatic heterocycles. The minimum atomic E-state index is -0.374. The van der Waals surface area contributed by atoms with Crippen molar-refractivity contribution in [3.8, 4) is 22.8 Å². The SMILES string of the molecule is CO.COC(=O)c1ccc(-c2nn[n-]n2)cc1.[CH-]=O.[CH-]=O.[Re].c1ccc(-c2ccccn2)nc1. The molecule has 0 bridgehead atoms. The Kier molecular flexibility index (Phi) is 19.8. The number of ether oxygens (including phenoxy) is 1. The fourth-order valence-corrected chi connectivity index (χ4v) is 2.16. The van der Waals surface area contributed by atoms with Gasteiger partial charge in [-0.3, -0.25) is 34.0 Å². The zero-order chi connectivity index (χ0) is 24.9. The molecule has 34 heavy (non-hydrogen) atoms. The summed E-state index contributed by atoms with van der Waals surface area (Å²) >= 11 is 0. The van der Waals surface area contributed by atoms with Crippen molar-refractivity contribution in [2.45, 2.75) is 0 Å². The third-order valence-corrected chi connectivity index (χ3v) is 3.48. The van der Waals surface area contributed by atoms with Crippen molar-refractivity contribution in [1.82, 2.24) is 30.6 Å². The monoisotopic (exact) mass is 636 g/mol. The van der Waals surface area contributed by atoms with Gasteiger partial charge in [0.25, 0.3) is 0 Å². The standard InChI is InChI=1S/C10H8N2.C9H8N4O2.CH4O.2CHO.Re/c1-3-7-11-9(5-1)10-6-2-4-8-12-10;1-15-9(14)7-4-2-6(3-5-7)8-10-12-13-11-8;3*1-2;/h1-8H;2-5H,1H3,(H,10,11,12,13,14);2H,1H3;2*1H;/q;;;2*-1;/p-1. The van der Waals surface area contributed by atoms with Gasteiger partial charge in [0.15, 0.2) is 0 Å². The Hall–Kier alpha value is -3.98. The summed E-state index contributed by atoms with van der Waals surface area (Å²) in [5.41, 5.74) is 3.07. The van der Waals surface area contributed by atoms with Crippen molar-refractivity contribution in [3.05, 3.63) is 78.6 Å². The van der Waals surface area contributed by atoms with Gasteiger partial charge >= 0.3 is 5.97 Å². The van der Waals surface area contributed by atoms with E-state index in [4.69, 9.17) is 14.7 Å². The smallest absolute Gasteiger partial charge is 0.337 e. The van der Waals surface area contributed by atoms with E-state index in [2.05, 4.69) is 48.9 Å². The molecule has 0 unspecified atom stereocenters. The van der Waals surface area contributed by atoms with Crippen molar-refractivity contribution in [1.29, 1.82) is 0 Å². The number of carbonyl (C=O) groups excluding carboxylic acids is 3. The molecule has 179 valence electrons. The zero-order valence-electron chi connectivity index (χ0n) is 18.2. The first-order valence-corrected chi connectivity index (χ1v) is 8.89. The van der Waals surface area contributed by atoms with E-state index in [9.17, 15) is 4.79 Å². The number of aliphatic hydroxyl groups excluding tert-OH is 1. The van der Waals surface area contributed by atoms with Crippen LogP contribution < -0.4 is 5.21 Å². The number of aromatic nitrogens is 6. The second kappa shape index (κ2) is 20.9. The molecule has 0 saturated heterocycles. The molecular formula is C22H21N6O5Re-3. The number of aliphatic hydroxyl groups is 1. The average Bonchev–Trinajstić information content (AvgIpc) is 3.48. The predicted octanol–water partition coefficient (Wildman–Crippen LogP) is 1.48. The van der Waals surface area contributed by atoms with Crippen molar-refractivity contribution in [2.75, 3.05) is 14.2 Å². The quantitative estimate of drug-likeness (QED) is 0.197. The Morgan fingerprint density at radius 1 is 0.853 bits per heavy atom. The fourth-order valence-electron chi connectivity index (χ4n) is 2.16. The number of methoxy groups -OCH3 is 1. The third-order valence-electron chi connectivity index (χ3n) is 3.48. The largest absolute Gasteiger partial charge is 0.545 e. The van der Waals surface area contributed by atoms with E-state index < -0.39 is 0 Å². The minimum absolute atomic E-state index is 0. The number of hydrogen-bond donors (Lipinski definition) is 1. The van der Waals surface area contributed by atoms with Crippen molar-refractivity contribution < 1.29 is 44.6 Å². The van der Waals surface area contributed by atoms with Crippen LogP contribution in [-0.2, 0) is 34.7 Å². The summed E-state index contributed by atoms with van der Waals surface area (Å²) < 4.78 is 4.57. The Balaban J connectivity index is 0. The Bertz CT molecular complexity index is 968. The summed E-state index contributed by atoms with van der Waals surface area (Å²) in [7, 11) is 2.34. The van der Waals surface area contributed by atoms with Crippen LogP contribution in [0.15, 0.2) is 73.1 Å². The topological polar surface area (TPSA) is 159 Å². The van der Waals surface area contributed by atoms with Gasteiger partial charge in [-0.2, -0.15) is 0 Å². The van der Waals surface area contributed by atoms with Crippen molar-refractivity contribution in [2.24, 2.45) is 0 Å². The van der Waals surface area contributed by atoms with Gasteiger partial charge < -0.3 is 24.5 Å². The number of benzene rings is 1. The van der Waals surface area contributed by atoms with Gasteiger partial charge in [0.2, 0.25) is 0 Å². The van der Waals surface area contributed by atoms with Crippen LogP contribution in [0.2, 0.25) is 0 Å². The number of tetrazole rings is 1. The Morgan fingerprint density at radius 3 is 1.71 bits per heavy atom. The van der Waals surface area contributed by atoms with Gasteiger partial charge in [0.1, 0.15) is 0 Å². The molecule has 0 saturated carbocycles. The van der Waals surface area contributed by atoms with Crippen LogP contribution in [0.4, 0.5) is 0 Å². The second-order valence-electron chi connectivity index (χ2n) is 5.20. The fraction of sp³-hybridized carbons (Fsp3) is 0.0909. The maximum atomic E-state index is 11.1. The molecule has 3 heterocycles. The van der Waals surface area contributed by atoms with E-state index in [-0.39, 0.29) is 26.4 Å². The van der Waals surface area contributed by atoms with Gasteiger partial charge in [-0.15, -0.1) is 0 Å². The first kappa shape index (κ1) is 32.2. The molecule has 4 rings (SSSR count). The van der Waals surface area contributed by atoms with Crippen LogP contribution in [-0.4, -0.2) is 64.3 Å². The van der Waals surface area contributed by atoms with Crippen LogP contribution in [0.1, 0.15) is 10.4 Å². The van der Waals surface area contributed by atoms with Crippen molar-refractivity contribution in [3.63, 3.8) is 0 Å². The third kappa shape index (κ3) is 11.1. The molecule has 11 nitrogen and oxygen atoms in total. The molecule has 0 aliphatic rings. The Morgan fingerprint density at radius 2 is 1.35 bits per heavy atom. The Labute approximate surface area is 210 Å². The minimum Gasteiger partial charge on any atom is -0.545 e. The number of pyridine rings is 2. The molecule has 0 fully saturated rings. The molecule has 0 aliphatic carbocycles.